The predicted molar refractivity (Wildman–Crippen MR) is 78.2 cm³/mol. The van der Waals surface area contributed by atoms with Crippen molar-refractivity contribution in [3.8, 4) is 0 Å². The highest BCUT2D eigenvalue weighted by molar-refractivity contribution is 9.10. The first-order valence-corrected chi connectivity index (χ1v) is 6.80. The molecule has 0 amide bonds. The fraction of sp³-hybridized carbons (Fsp3) is 0.308. The second-order valence-corrected chi connectivity index (χ2v) is 6.65. The van der Waals surface area contributed by atoms with Gasteiger partial charge in [0, 0.05) is 15.4 Å². The lowest BCUT2D eigenvalue weighted by atomic mass is 9.87. The molecule has 2 rings (SSSR count). The van der Waals surface area contributed by atoms with Crippen molar-refractivity contribution in [3.05, 3.63) is 38.4 Å². The Bertz CT molecular complexity index is 588. The molecule has 90 valence electrons. The van der Waals surface area contributed by atoms with E-state index in [2.05, 4.69) is 41.7 Å². The van der Waals surface area contributed by atoms with Crippen LogP contribution >= 0.6 is 39.1 Å². The molecule has 0 bridgehead atoms. The molecule has 0 saturated carbocycles. The van der Waals surface area contributed by atoms with Crippen LogP contribution in [0.1, 0.15) is 26.3 Å². The highest BCUT2D eigenvalue weighted by Gasteiger charge is 2.23. The quantitative estimate of drug-likeness (QED) is 0.572. The number of aromatic nitrogens is 1. The normalized spacial score (nSPS) is 12.1. The van der Waals surface area contributed by atoms with E-state index in [1.165, 1.54) is 0 Å². The van der Waals surface area contributed by atoms with Crippen LogP contribution in [-0.2, 0) is 5.41 Å². The van der Waals surface area contributed by atoms with Gasteiger partial charge in [0.05, 0.1) is 10.5 Å². The predicted octanol–water partition coefficient (Wildman–Crippen LogP) is 5.60. The maximum Gasteiger partial charge on any atom is 0.134 e. The van der Waals surface area contributed by atoms with Crippen LogP contribution in [0.5, 0.6) is 0 Å². The van der Waals surface area contributed by atoms with Crippen LogP contribution in [0.2, 0.25) is 10.2 Å². The molecule has 1 nitrogen and oxygen atoms in total. The Balaban J connectivity index is 2.88. The summed E-state index contributed by atoms with van der Waals surface area (Å²) >= 11 is 16.1. The van der Waals surface area contributed by atoms with Crippen LogP contribution in [0.15, 0.2) is 22.7 Å². The number of nitrogens with zero attached hydrogens (tertiary/aromatic N) is 1. The number of hydrogen-bond donors (Lipinski definition) is 0. The van der Waals surface area contributed by atoms with Gasteiger partial charge in [-0.1, -0.05) is 59.9 Å². The molecule has 4 heteroatoms. The minimum Gasteiger partial charge on any atom is -0.236 e. The van der Waals surface area contributed by atoms with E-state index in [1.54, 1.807) is 0 Å². The molecule has 0 spiro atoms. The van der Waals surface area contributed by atoms with Gasteiger partial charge in [0.2, 0.25) is 0 Å². The van der Waals surface area contributed by atoms with E-state index in [1.807, 2.05) is 18.2 Å². The maximum atomic E-state index is 6.46. The largest absolute Gasteiger partial charge is 0.236 e. The minimum atomic E-state index is -0.127. The standard InChI is InChI=1S/C13H12BrCl2N/c1-13(2,3)10-11(15)8-6-7(14)4-5-9(8)17-12(10)16/h4-6H,1-3H3. The molecule has 0 aliphatic carbocycles. The monoisotopic (exact) mass is 331 g/mol. The highest BCUT2D eigenvalue weighted by atomic mass is 79.9. The Morgan fingerprint density at radius 3 is 2.41 bits per heavy atom. The van der Waals surface area contributed by atoms with Crippen LogP contribution in [-0.4, -0.2) is 4.98 Å². The fourth-order valence-electron chi connectivity index (χ4n) is 1.81. The molecule has 1 aromatic carbocycles. The fourth-order valence-corrected chi connectivity index (χ4v) is 3.21. The number of fused-ring (bicyclic) bond motifs is 1. The number of rotatable bonds is 0. The third kappa shape index (κ3) is 2.44. The maximum absolute atomic E-state index is 6.46. The summed E-state index contributed by atoms with van der Waals surface area (Å²) in [5, 5.41) is 2.10. The molecule has 1 heterocycles. The molecular formula is C13H12BrCl2N. The summed E-state index contributed by atoms with van der Waals surface area (Å²) in [7, 11) is 0. The molecule has 0 N–H and O–H groups in total. The van der Waals surface area contributed by atoms with Gasteiger partial charge < -0.3 is 0 Å². The summed E-state index contributed by atoms with van der Waals surface area (Å²) in [6, 6.07) is 5.80. The van der Waals surface area contributed by atoms with Crippen LogP contribution in [0.3, 0.4) is 0 Å². The zero-order chi connectivity index (χ0) is 12.8. The summed E-state index contributed by atoms with van der Waals surface area (Å²) < 4.78 is 0.982. The van der Waals surface area contributed by atoms with Crippen LogP contribution < -0.4 is 0 Å². The van der Waals surface area contributed by atoms with Gasteiger partial charge in [-0.15, -0.1) is 0 Å². The van der Waals surface area contributed by atoms with Crippen molar-refractivity contribution in [2.24, 2.45) is 0 Å². The Hall–Kier alpha value is -0.310. The van der Waals surface area contributed by atoms with E-state index in [9.17, 15) is 0 Å². The second kappa shape index (κ2) is 4.42. The van der Waals surface area contributed by atoms with Crippen molar-refractivity contribution >= 4 is 50.0 Å². The molecule has 0 fully saturated rings. The second-order valence-electron chi connectivity index (χ2n) is 5.00. The number of pyridine rings is 1. The number of hydrogen-bond acceptors (Lipinski definition) is 1. The van der Waals surface area contributed by atoms with Crippen molar-refractivity contribution in [2.45, 2.75) is 26.2 Å². The number of benzene rings is 1. The summed E-state index contributed by atoms with van der Waals surface area (Å²) in [6.45, 7) is 6.22. The van der Waals surface area contributed by atoms with Crippen LogP contribution in [0.25, 0.3) is 10.9 Å². The third-order valence-corrected chi connectivity index (χ3v) is 3.75. The van der Waals surface area contributed by atoms with E-state index < -0.39 is 0 Å². The topological polar surface area (TPSA) is 12.9 Å². The third-order valence-electron chi connectivity index (χ3n) is 2.59. The van der Waals surface area contributed by atoms with Crippen molar-refractivity contribution in [3.63, 3.8) is 0 Å². The van der Waals surface area contributed by atoms with E-state index in [-0.39, 0.29) is 5.41 Å². The van der Waals surface area contributed by atoms with Crippen LogP contribution in [0, 0.1) is 0 Å². The Morgan fingerprint density at radius 2 is 1.82 bits per heavy atom. The van der Waals surface area contributed by atoms with E-state index in [4.69, 9.17) is 23.2 Å². The lowest BCUT2D eigenvalue weighted by Gasteiger charge is -2.22. The molecule has 0 unspecified atom stereocenters. The van der Waals surface area contributed by atoms with E-state index in [0.717, 1.165) is 20.9 Å². The molecule has 0 radical (unpaired) electrons. The molecular weight excluding hydrogens is 321 g/mol. The van der Waals surface area contributed by atoms with Gasteiger partial charge in [0.1, 0.15) is 5.15 Å². The minimum absolute atomic E-state index is 0.127. The molecule has 0 saturated heterocycles. The smallest absolute Gasteiger partial charge is 0.134 e. The van der Waals surface area contributed by atoms with Crippen molar-refractivity contribution < 1.29 is 0 Å². The Morgan fingerprint density at radius 1 is 1.18 bits per heavy atom. The molecule has 2 aromatic rings. The Labute approximate surface area is 119 Å². The average Bonchev–Trinajstić information content (AvgIpc) is 2.17. The van der Waals surface area contributed by atoms with E-state index >= 15 is 0 Å². The van der Waals surface area contributed by atoms with Crippen LogP contribution in [0.4, 0.5) is 0 Å². The van der Waals surface area contributed by atoms with Gasteiger partial charge in [-0.25, -0.2) is 4.98 Å². The highest BCUT2D eigenvalue weighted by Crippen LogP contribution is 2.39. The van der Waals surface area contributed by atoms with Gasteiger partial charge >= 0.3 is 0 Å². The lowest BCUT2D eigenvalue weighted by molar-refractivity contribution is 0.589. The molecule has 17 heavy (non-hydrogen) atoms. The van der Waals surface area contributed by atoms with Crippen molar-refractivity contribution in [1.29, 1.82) is 0 Å². The molecule has 0 atom stereocenters. The van der Waals surface area contributed by atoms with Gasteiger partial charge in [-0.2, -0.15) is 0 Å². The zero-order valence-electron chi connectivity index (χ0n) is 9.81. The van der Waals surface area contributed by atoms with Crippen molar-refractivity contribution in [2.75, 3.05) is 0 Å². The number of halogens is 3. The Kier molecular flexibility index (Phi) is 3.41. The summed E-state index contributed by atoms with van der Waals surface area (Å²) in [6.07, 6.45) is 0. The molecule has 0 aliphatic rings. The summed E-state index contributed by atoms with van der Waals surface area (Å²) in [4.78, 5) is 4.40. The van der Waals surface area contributed by atoms with Gasteiger partial charge in [-0.3, -0.25) is 0 Å². The average molecular weight is 333 g/mol. The molecule has 1 aromatic heterocycles. The lowest BCUT2D eigenvalue weighted by Crippen LogP contribution is -2.13. The molecule has 0 aliphatic heterocycles. The van der Waals surface area contributed by atoms with Crippen molar-refractivity contribution in [1.82, 2.24) is 4.98 Å². The van der Waals surface area contributed by atoms with Gasteiger partial charge in [-0.05, 0) is 23.6 Å². The first kappa shape index (κ1) is 13.1. The SMILES string of the molecule is CC(C)(C)c1c(Cl)nc2ccc(Br)cc2c1Cl. The van der Waals surface area contributed by atoms with Gasteiger partial charge in [0.25, 0.3) is 0 Å². The summed E-state index contributed by atoms with van der Waals surface area (Å²) in [5.74, 6) is 0. The summed E-state index contributed by atoms with van der Waals surface area (Å²) in [5.41, 5.74) is 1.58. The first-order valence-electron chi connectivity index (χ1n) is 5.25. The van der Waals surface area contributed by atoms with E-state index in [0.29, 0.717) is 10.2 Å². The van der Waals surface area contributed by atoms with Gasteiger partial charge in [0.15, 0.2) is 0 Å². The first-order chi connectivity index (χ1) is 7.80. The zero-order valence-corrected chi connectivity index (χ0v) is 12.9.